The van der Waals surface area contributed by atoms with Crippen molar-refractivity contribution >= 4 is 41.7 Å². The summed E-state index contributed by atoms with van der Waals surface area (Å²) in [5.41, 5.74) is 0. The van der Waals surface area contributed by atoms with E-state index in [2.05, 4.69) is 10.6 Å². The van der Waals surface area contributed by atoms with E-state index < -0.39 is 12.1 Å². The van der Waals surface area contributed by atoms with E-state index in [0.29, 0.717) is 25.2 Å². The topological polar surface area (TPSA) is 78.5 Å². The lowest BCUT2D eigenvalue weighted by molar-refractivity contribution is -0.136. The van der Waals surface area contributed by atoms with E-state index in [0.717, 1.165) is 25.9 Å². The summed E-state index contributed by atoms with van der Waals surface area (Å²) >= 11 is 0. The SMILES string of the molecule is CC(C)C[C@@H](NC(=O)[C@H]1CCC(=O)N1)C(=O)N1CCCC1.I. The number of carbonyl (C=O) groups excluding carboxylic acids is 3. The molecule has 0 aromatic carbocycles. The predicted octanol–water partition coefficient (Wildman–Crippen LogP) is 1.04. The van der Waals surface area contributed by atoms with Crippen LogP contribution in [-0.2, 0) is 14.4 Å². The van der Waals surface area contributed by atoms with Crippen LogP contribution in [0.2, 0.25) is 0 Å². The number of rotatable bonds is 5. The fourth-order valence-electron chi connectivity index (χ4n) is 2.93. The first-order valence-corrected chi connectivity index (χ1v) is 7.86. The molecule has 2 N–H and O–H groups in total. The lowest BCUT2D eigenvalue weighted by atomic mass is 10.0. The molecule has 2 aliphatic heterocycles. The molecule has 126 valence electrons. The quantitative estimate of drug-likeness (QED) is 0.649. The second kappa shape index (κ2) is 8.69. The van der Waals surface area contributed by atoms with Crippen LogP contribution in [0.4, 0.5) is 0 Å². The van der Waals surface area contributed by atoms with Crippen LogP contribution in [0.1, 0.15) is 46.0 Å². The molecule has 0 aromatic rings. The molecular weight excluding hydrogens is 397 g/mol. The van der Waals surface area contributed by atoms with Gasteiger partial charge in [-0.2, -0.15) is 0 Å². The van der Waals surface area contributed by atoms with Crippen LogP contribution >= 0.6 is 24.0 Å². The minimum absolute atomic E-state index is 0. The number of halogens is 1. The molecule has 2 saturated heterocycles. The van der Waals surface area contributed by atoms with Crippen molar-refractivity contribution in [2.45, 2.75) is 58.0 Å². The first-order chi connectivity index (χ1) is 9.97. The summed E-state index contributed by atoms with van der Waals surface area (Å²) in [7, 11) is 0. The zero-order valence-electron chi connectivity index (χ0n) is 13.3. The molecule has 7 heteroatoms. The van der Waals surface area contributed by atoms with Crippen LogP contribution in [-0.4, -0.2) is 47.8 Å². The van der Waals surface area contributed by atoms with E-state index >= 15 is 0 Å². The Morgan fingerprint density at radius 2 is 1.95 bits per heavy atom. The second-order valence-electron chi connectivity index (χ2n) is 6.38. The Hall–Kier alpha value is -0.860. The van der Waals surface area contributed by atoms with Crippen LogP contribution in [0.15, 0.2) is 0 Å². The van der Waals surface area contributed by atoms with E-state index in [-0.39, 0.29) is 41.7 Å². The fraction of sp³-hybridized carbons (Fsp3) is 0.800. The zero-order chi connectivity index (χ0) is 15.4. The highest BCUT2D eigenvalue weighted by atomic mass is 127. The van der Waals surface area contributed by atoms with Gasteiger partial charge in [0.25, 0.3) is 0 Å². The molecule has 2 aliphatic rings. The molecule has 6 nitrogen and oxygen atoms in total. The van der Waals surface area contributed by atoms with Crippen molar-refractivity contribution < 1.29 is 14.4 Å². The zero-order valence-corrected chi connectivity index (χ0v) is 15.6. The van der Waals surface area contributed by atoms with E-state index in [1.165, 1.54) is 0 Å². The average molecular weight is 423 g/mol. The second-order valence-corrected chi connectivity index (χ2v) is 6.38. The molecule has 2 heterocycles. The number of carbonyl (C=O) groups is 3. The highest BCUT2D eigenvalue weighted by Gasteiger charge is 2.32. The maximum Gasteiger partial charge on any atom is 0.245 e. The number of nitrogens with zero attached hydrogens (tertiary/aromatic N) is 1. The molecule has 0 spiro atoms. The highest BCUT2D eigenvalue weighted by Crippen LogP contribution is 2.14. The van der Waals surface area contributed by atoms with Crippen molar-refractivity contribution in [2.75, 3.05) is 13.1 Å². The lowest BCUT2D eigenvalue weighted by Gasteiger charge is -2.26. The Morgan fingerprint density at radius 1 is 1.32 bits per heavy atom. The van der Waals surface area contributed by atoms with Gasteiger partial charge in [-0.05, 0) is 31.6 Å². The number of hydrogen-bond acceptors (Lipinski definition) is 3. The number of hydrogen-bond donors (Lipinski definition) is 2. The van der Waals surface area contributed by atoms with Gasteiger partial charge in [0.2, 0.25) is 17.7 Å². The fourth-order valence-corrected chi connectivity index (χ4v) is 2.93. The van der Waals surface area contributed by atoms with Gasteiger partial charge in [-0.25, -0.2) is 0 Å². The summed E-state index contributed by atoms with van der Waals surface area (Å²) in [4.78, 5) is 37.8. The van der Waals surface area contributed by atoms with Crippen molar-refractivity contribution in [3.8, 4) is 0 Å². The van der Waals surface area contributed by atoms with E-state index in [4.69, 9.17) is 0 Å². The summed E-state index contributed by atoms with van der Waals surface area (Å²) in [6.07, 6.45) is 3.59. The molecular formula is C15H26IN3O3. The average Bonchev–Trinajstić information content (AvgIpc) is 3.07. The highest BCUT2D eigenvalue weighted by molar-refractivity contribution is 14.0. The Kier molecular flexibility index (Phi) is 7.58. The van der Waals surface area contributed by atoms with E-state index in [9.17, 15) is 14.4 Å². The van der Waals surface area contributed by atoms with Crippen LogP contribution < -0.4 is 10.6 Å². The van der Waals surface area contributed by atoms with Crippen LogP contribution in [0.5, 0.6) is 0 Å². The number of likely N-dealkylation sites (tertiary alicyclic amines) is 1. The normalized spacial score (nSPS) is 22.2. The van der Waals surface area contributed by atoms with Gasteiger partial charge in [0.05, 0.1) is 0 Å². The van der Waals surface area contributed by atoms with E-state index in [1.807, 2.05) is 18.7 Å². The van der Waals surface area contributed by atoms with Gasteiger partial charge in [-0.3, -0.25) is 14.4 Å². The van der Waals surface area contributed by atoms with Crippen molar-refractivity contribution in [3.63, 3.8) is 0 Å². The van der Waals surface area contributed by atoms with Crippen molar-refractivity contribution in [1.29, 1.82) is 0 Å². The summed E-state index contributed by atoms with van der Waals surface area (Å²) in [5, 5.41) is 5.49. The summed E-state index contributed by atoms with van der Waals surface area (Å²) < 4.78 is 0. The molecule has 0 radical (unpaired) electrons. The summed E-state index contributed by atoms with van der Waals surface area (Å²) in [6, 6.07) is -0.966. The third-order valence-corrected chi connectivity index (χ3v) is 4.05. The van der Waals surface area contributed by atoms with Crippen LogP contribution in [0, 0.1) is 5.92 Å². The van der Waals surface area contributed by atoms with E-state index in [1.54, 1.807) is 0 Å². The van der Waals surface area contributed by atoms with Gasteiger partial charge >= 0.3 is 0 Å². The Balaban J connectivity index is 0.00000242. The number of amides is 3. The monoisotopic (exact) mass is 423 g/mol. The molecule has 3 amide bonds. The Bertz CT molecular complexity index is 422. The molecule has 2 fully saturated rings. The maximum absolute atomic E-state index is 12.5. The third-order valence-electron chi connectivity index (χ3n) is 4.05. The van der Waals surface area contributed by atoms with Crippen LogP contribution in [0.25, 0.3) is 0 Å². The minimum atomic E-state index is -0.487. The lowest BCUT2D eigenvalue weighted by Crippen LogP contribution is -2.52. The predicted molar refractivity (Wildman–Crippen MR) is 93.8 cm³/mol. The van der Waals surface area contributed by atoms with Crippen LogP contribution in [0.3, 0.4) is 0 Å². The first-order valence-electron chi connectivity index (χ1n) is 7.86. The van der Waals surface area contributed by atoms with Crippen molar-refractivity contribution in [1.82, 2.24) is 15.5 Å². The minimum Gasteiger partial charge on any atom is -0.344 e. The summed E-state index contributed by atoms with van der Waals surface area (Å²) in [5.74, 6) is -0.000582. The molecule has 22 heavy (non-hydrogen) atoms. The largest absolute Gasteiger partial charge is 0.344 e. The van der Waals surface area contributed by atoms with Gasteiger partial charge in [0.15, 0.2) is 0 Å². The Labute approximate surface area is 148 Å². The smallest absolute Gasteiger partial charge is 0.245 e. The van der Waals surface area contributed by atoms with Crippen molar-refractivity contribution in [3.05, 3.63) is 0 Å². The third kappa shape index (κ3) is 5.10. The molecule has 0 saturated carbocycles. The maximum atomic E-state index is 12.5. The standard InChI is InChI=1S/C15H25N3O3.HI/c1-10(2)9-12(15(21)18-7-3-4-8-18)17-14(20)11-5-6-13(19)16-11;/h10-12H,3-9H2,1-2H3,(H,16,19)(H,17,20);1H/t11-,12-;/m1./s1. The number of nitrogens with one attached hydrogen (secondary N) is 2. The molecule has 0 aliphatic carbocycles. The molecule has 0 aromatic heterocycles. The van der Waals surface area contributed by atoms with Gasteiger partial charge in [0, 0.05) is 19.5 Å². The van der Waals surface area contributed by atoms with Crippen molar-refractivity contribution in [2.24, 2.45) is 5.92 Å². The van der Waals surface area contributed by atoms with Gasteiger partial charge < -0.3 is 15.5 Å². The first kappa shape index (κ1) is 19.2. The summed E-state index contributed by atoms with van der Waals surface area (Å²) in [6.45, 7) is 5.63. The molecule has 0 bridgehead atoms. The van der Waals surface area contributed by atoms with Gasteiger partial charge in [-0.1, -0.05) is 13.8 Å². The van der Waals surface area contributed by atoms with Gasteiger partial charge in [-0.15, -0.1) is 24.0 Å². The molecule has 2 atom stereocenters. The Morgan fingerprint density at radius 3 is 2.45 bits per heavy atom. The molecule has 0 unspecified atom stereocenters. The molecule has 2 rings (SSSR count). The van der Waals surface area contributed by atoms with Gasteiger partial charge in [0.1, 0.15) is 12.1 Å².